The normalized spacial score (nSPS) is 16.5. The molecule has 124 valence electrons. The van der Waals surface area contributed by atoms with E-state index in [-0.39, 0.29) is 12.1 Å². The van der Waals surface area contributed by atoms with Crippen molar-refractivity contribution in [3.8, 4) is 11.1 Å². The number of fused-ring (bicyclic) bond motifs is 1. The zero-order valence-electron chi connectivity index (χ0n) is 14.0. The molecule has 4 nitrogen and oxygen atoms in total. The van der Waals surface area contributed by atoms with Crippen molar-refractivity contribution in [1.29, 1.82) is 0 Å². The third kappa shape index (κ3) is 3.34. The molecule has 0 spiro atoms. The summed E-state index contributed by atoms with van der Waals surface area (Å²) >= 11 is 0. The standard InChI is InChI=1S/C20H22N2O2/c1-3-24-20(23)16-11-15-10-14(17-7-5-4-6-13(17)2)8-9-18(15)22-19(21)12-16/h4-11,19,22H,3,12,21H2,1-2H3. The van der Waals surface area contributed by atoms with E-state index in [0.29, 0.717) is 18.6 Å². The van der Waals surface area contributed by atoms with E-state index >= 15 is 0 Å². The lowest BCUT2D eigenvalue weighted by Crippen LogP contribution is -2.30. The lowest BCUT2D eigenvalue weighted by Gasteiger charge is -2.15. The van der Waals surface area contributed by atoms with E-state index in [4.69, 9.17) is 10.5 Å². The van der Waals surface area contributed by atoms with Crippen molar-refractivity contribution in [3.63, 3.8) is 0 Å². The van der Waals surface area contributed by atoms with Crippen LogP contribution < -0.4 is 11.1 Å². The fraction of sp³-hybridized carbons (Fsp3) is 0.250. The van der Waals surface area contributed by atoms with Crippen molar-refractivity contribution >= 4 is 17.7 Å². The summed E-state index contributed by atoms with van der Waals surface area (Å²) in [6, 6.07) is 14.4. The molecule has 0 amide bonds. The average Bonchev–Trinajstić information content (AvgIpc) is 2.73. The van der Waals surface area contributed by atoms with Gasteiger partial charge in [0.25, 0.3) is 0 Å². The summed E-state index contributed by atoms with van der Waals surface area (Å²) in [6.45, 7) is 4.25. The minimum absolute atomic E-state index is 0.302. The minimum Gasteiger partial charge on any atom is -0.463 e. The molecule has 3 rings (SSSR count). The second-order valence-electron chi connectivity index (χ2n) is 5.96. The van der Waals surface area contributed by atoms with Gasteiger partial charge in [0.15, 0.2) is 0 Å². The van der Waals surface area contributed by atoms with Crippen LogP contribution in [0.1, 0.15) is 24.5 Å². The first kappa shape index (κ1) is 16.3. The summed E-state index contributed by atoms with van der Waals surface area (Å²) in [5.41, 5.74) is 12.1. The van der Waals surface area contributed by atoms with Gasteiger partial charge in [-0.25, -0.2) is 4.79 Å². The van der Waals surface area contributed by atoms with Crippen molar-refractivity contribution < 1.29 is 9.53 Å². The molecule has 24 heavy (non-hydrogen) atoms. The van der Waals surface area contributed by atoms with E-state index in [2.05, 4.69) is 36.5 Å². The van der Waals surface area contributed by atoms with Gasteiger partial charge in [0.2, 0.25) is 0 Å². The molecule has 0 saturated carbocycles. The molecule has 0 saturated heterocycles. The van der Waals surface area contributed by atoms with Crippen LogP contribution in [0.3, 0.4) is 0 Å². The number of rotatable bonds is 3. The number of ether oxygens (including phenoxy) is 1. The summed E-state index contributed by atoms with van der Waals surface area (Å²) in [7, 11) is 0. The Balaban J connectivity index is 2.05. The molecule has 0 radical (unpaired) electrons. The van der Waals surface area contributed by atoms with Crippen molar-refractivity contribution in [2.75, 3.05) is 11.9 Å². The minimum atomic E-state index is -0.314. The molecule has 0 aliphatic carbocycles. The Morgan fingerprint density at radius 1 is 1.29 bits per heavy atom. The molecule has 1 aliphatic heterocycles. The van der Waals surface area contributed by atoms with E-state index in [9.17, 15) is 4.79 Å². The molecule has 1 atom stereocenters. The lowest BCUT2D eigenvalue weighted by atomic mass is 9.97. The molecule has 1 unspecified atom stereocenters. The number of nitrogens with one attached hydrogen (secondary N) is 1. The molecule has 2 aromatic rings. The van der Waals surface area contributed by atoms with Gasteiger partial charge in [0.1, 0.15) is 0 Å². The predicted molar refractivity (Wildman–Crippen MR) is 97.4 cm³/mol. The van der Waals surface area contributed by atoms with Gasteiger partial charge in [-0.2, -0.15) is 0 Å². The number of hydrogen-bond donors (Lipinski definition) is 2. The van der Waals surface area contributed by atoms with Gasteiger partial charge >= 0.3 is 5.97 Å². The predicted octanol–water partition coefficient (Wildman–Crippen LogP) is 3.71. The van der Waals surface area contributed by atoms with Crippen LogP contribution in [0.2, 0.25) is 0 Å². The van der Waals surface area contributed by atoms with E-state index in [1.54, 1.807) is 6.92 Å². The highest BCUT2D eigenvalue weighted by molar-refractivity contribution is 5.96. The van der Waals surface area contributed by atoms with Gasteiger partial charge in [-0.1, -0.05) is 30.3 Å². The van der Waals surface area contributed by atoms with E-state index in [1.807, 2.05) is 24.3 Å². The zero-order valence-corrected chi connectivity index (χ0v) is 14.0. The molecule has 1 aliphatic rings. The Morgan fingerprint density at radius 2 is 2.08 bits per heavy atom. The van der Waals surface area contributed by atoms with Crippen LogP contribution in [0.25, 0.3) is 17.2 Å². The number of anilines is 1. The maximum Gasteiger partial charge on any atom is 0.334 e. The van der Waals surface area contributed by atoms with Crippen LogP contribution in [0.4, 0.5) is 5.69 Å². The topological polar surface area (TPSA) is 64.3 Å². The van der Waals surface area contributed by atoms with Crippen molar-refractivity contribution in [3.05, 3.63) is 59.2 Å². The van der Waals surface area contributed by atoms with Crippen LogP contribution >= 0.6 is 0 Å². The lowest BCUT2D eigenvalue weighted by molar-refractivity contribution is -0.138. The van der Waals surface area contributed by atoms with Crippen LogP contribution in [0, 0.1) is 6.92 Å². The SMILES string of the molecule is CCOC(=O)C1=Cc2cc(-c3ccccc3C)ccc2NC(N)C1. The zero-order chi connectivity index (χ0) is 17.1. The molecule has 0 aromatic heterocycles. The molecule has 0 bridgehead atoms. The van der Waals surface area contributed by atoms with E-state index < -0.39 is 0 Å². The van der Waals surface area contributed by atoms with Crippen LogP contribution in [-0.2, 0) is 9.53 Å². The second kappa shape index (κ2) is 6.89. The van der Waals surface area contributed by atoms with Gasteiger partial charge in [0.05, 0.1) is 12.8 Å². The number of benzene rings is 2. The summed E-state index contributed by atoms with van der Waals surface area (Å²) < 4.78 is 5.14. The highest BCUT2D eigenvalue weighted by Crippen LogP contribution is 2.31. The van der Waals surface area contributed by atoms with Gasteiger partial charge in [-0.05, 0) is 54.3 Å². The number of esters is 1. The molecule has 0 fully saturated rings. The number of carbonyl (C=O) groups excluding carboxylic acids is 1. The summed E-state index contributed by atoms with van der Waals surface area (Å²) in [5.74, 6) is -0.302. The van der Waals surface area contributed by atoms with Crippen molar-refractivity contribution in [2.45, 2.75) is 26.4 Å². The molecular formula is C20H22N2O2. The molecular weight excluding hydrogens is 300 g/mol. The Hall–Kier alpha value is -2.59. The maximum atomic E-state index is 12.1. The monoisotopic (exact) mass is 322 g/mol. The average molecular weight is 322 g/mol. The Bertz CT molecular complexity index is 796. The quantitative estimate of drug-likeness (QED) is 0.846. The summed E-state index contributed by atoms with van der Waals surface area (Å²) in [6.07, 6.45) is 2.01. The molecule has 4 heteroatoms. The van der Waals surface area contributed by atoms with E-state index in [1.165, 1.54) is 11.1 Å². The van der Waals surface area contributed by atoms with Gasteiger partial charge in [-0.3, -0.25) is 0 Å². The largest absolute Gasteiger partial charge is 0.463 e. The first-order chi connectivity index (χ1) is 11.6. The van der Waals surface area contributed by atoms with Gasteiger partial charge in [-0.15, -0.1) is 0 Å². The maximum absolute atomic E-state index is 12.1. The Kier molecular flexibility index (Phi) is 4.67. The highest BCUT2D eigenvalue weighted by atomic mass is 16.5. The van der Waals surface area contributed by atoms with E-state index in [0.717, 1.165) is 16.8 Å². The fourth-order valence-corrected chi connectivity index (χ4v) is 2.98. The Morgan fingerprint density at radius 3 is 2.83 bits per heavy atom. The van der Waals surface area contributed by atoms with Crippen LogP contribution in [-0.4, -0.2) is 18.7 Å². The van der Waals surface area contributed by atoms with Crippen LogP contribution in [0.15, 0.2) is 48.0 Å². The second-order valence-corrected chi connectivity index (χ2v) is 5.96. The smallest absolute Gasteiger partial charge is 0.334 e. The van der Waals surface area contributed by atoms with Gasteiger partial charge < -0.3 is 15.8 Å². The Labute approximate surface area is 142 Å². The third-order valence-electron chi connectivity index (χ3n) is 4.16. The highest BCUT2D eigenvalue weighted by Gasteiger charge is 2.20. The first-order valence-electron chi connectivity index (χ1n) is 8.18. The third-order valence-corrected chi connectivity index (χ3v) is 4.16. The number of carbonyl (C=O) groups is 1. The number of aryl methyl sites for hydroxylation is 1. The van der Waals surface area contributed by atoms with Gasteiger partial charge in [0, 0.05) is 17.7 Å². The van der Waals surface area contributed by atoms with Crippen molar-refractivity contribution in [2.24, 2.45) is 5.73 Å². The molecule has 3 N–H and O–H groups in total. The summed E-state index contributed by atoms with van der Waals surface area (Å²) in [5, 5.41) is 3.26. The molecule has 1 heterocycles. The number of hydrogen-bond acceptors (Lipinski definition) is 4. The molecule has 2 aromatic carbocycles. The first-order valence-corrected chi connectivity index (χ1v) is 8.18. The van der Waals surface area contributed by atoms with Crippen molar-refractivity contribution in [1.82, 2.24) is 0 Å². The fourth-order valence-electron chi connectivity index (χ4n) is 2.98. The number of nitrogens with two attached hydrogens (primary N) is 1. The van der Waals surface area contributed by atoms with Crippen LogP contribution in [0.5, 0.6) is 0 Å². The summed E-state index contributed by atoms with van der Waals surface area (Å²) in [4.78, 5) is 12.1.